The molecule has 2 aromatic rings. The summed E-state index contributed by atoms with van der Waals surface area (Å²) in [6.45, 7) is 2.64. The molecule has 0 saturated carbocycles. The molecule has 2 aliphatic rings. The van der Waals surface area contributed by atoms with Crippen LogP contribution in [0.15, 0.2) is 60.7 Å². The number of hydrogen-bond donors (Lipinski definition) is 1. The van der Waals surface area contributed by atoms with Gasteiger partial charge in [0.15, 0.2) is 37.0 Å². The molecule has 44 heavy (non-hydrogen) atoms. The number of carbonyl (C=O) groups is 5. The second kappa shape index (κ2) is 14.9. The molecule has 0 radical (unpaired) electrons. The van der Waals surface area contributed by atoms with Crippen molar-refractivity contribution in [1.29, 1.82) is 0 Å². The van der Waals surface area contributed by atoms with Crippen LogP contribution < -0.4 is 0 Å². The van der Waals surface area contributed by atoms with E-state index in [1.165, 1.54) is 31.2 Å². The minimum Gasteiger partial charge on any atom is -0.463 e. The van der Waals surface area contributed by atoms with Crippen LogP contribution in [0.5, 0.6) is 0 Å². The van der Waals surface area contributed by atoms with Crippen molar-refractivity contribution in [3.05, 3.63) is 71.8 Å². The fourth-order valence-corrected chi connectivity index (χ4v) is 4.64. The number of aliphatic hydroxyl groups excluding tert-OH is 1. The largest absolute Gasteiger partial charge is 0.463 e. The van der Waals surface area contributed by atoms with Gasteiger partial charge in [-0.05, 0) is 24.3 Å². The highest BCUT2D eigenvalue weighted by molar-refractivity contribution is 5.90. The van der Waals surface area contributed by atoms with Gasteiger partial charge in [-0.3, -0.25) is 14.4 Å². The quantitative estimate of drug-likeness (QED) is 0.282. The summed E-state index contributed by atoms with van der Waals surface area (Å²) in [5, 5.41) is 10.7. The summed E-state index contributed by atoms with van der Waals surface area (Å²) in [5.41, 5.74) is 0.375. The van der Waals surface area contributed by atoms with Crippen LogP contribution in [0.25, 0.3) is 0 Å². The van der Waals surface area contributed by atoms with Gasteiger partial charge in [0.1, 0.15) is 18.8 Å². The first kappa shape index (κ1) is 32.5. The Hall–Kier alpha value is -4.37. The molecule has 0 bridgehead atoms. The summed E-state index contributed by atoms with van der Waals surface area (Å²) in [6.07, 6.45) is -10.7. The predicted octanol–water partition coefficient (Wildman–Crippen LogP) is 1.32. The van der Waals surface area contributed by atoms with E-state index in [0.717, 1.165) is 13.8 Å². The zero-order valence-electron chi connectivity index (χ0n) is 24.1. The van der Waals surface area contributed by atoms with Gasteiger partial charge in [0.2, 0.25) is 0 Å². The second-order valence-corrected chi connectivity index (χ2v) is 9.86. The Kier molecular flexibility index (Phi) is 11.0. The lowest BCUT2D eigenvalue weighted by Gasteiger charge is -2.26. The summed E-state index contributed by atoms with van der Waals surface area (Å²) >= 11 is 0. The molecule has 2 aliphatic heterocycles. The van der Waals surface area contributed by atoms with Crippen LogP contribution in [0.2, 0.25) is 0 Å². The molecule has 0 unspecified atom stereocenters. The lowest BCUT2D eigenvalue weighted by atomic mass is 10.1. The molecule has 4 rings (SSSR count). The Morgan fingerprint density at radius 2 is 1.09 bits per heavy atom. The number of ether oxygens (including phenoxy) is 8. The number of esters is 5. The van der Waals surface area contributed by atoms with Crippen molar-refractivity contribution in [1.82, 2.24) is 0 Å². The Morgan fingerprint density at radius 1 is 0.614 bits per heavy atom. The standard InChI is InChI=1S/C30H32O14/c1-16(31)37-14-22-24(39-17(2)32)26(40-18(3)33)30(42-22)38-15-21-23(43-27(34)19-10-6-4-7-11-19)25(29(36)41-21)44-28(35)20-12-8-5-9-13-20/h4-13,21-26,29-30,36H,14-15H2,1-3H3/t21-,22-,23-,24-,25+,26+,29+,30+/m1/s1. The van der Waals surface area contributed by atoms with Crippen molar-refractivity contribution in [2.75, 3.05) is 13.2 Å². The molecule has 2 saturated heterocycles. The third-order valence-electron chi connectivity index (χ3n) is 6.54. The summed E-state index contributed by atoms with van der Waals surface area (Å²) in [5.74, 6) is -3.68. The zero-order chi connectivity index (χ0) is 31.8. The van der Waals surface area contributed by atoms with Crippen molar-refractivity contribution in [3.63, 3.8) is 0 Å². The van der Waals surface area contributed by atoms with E-state index in [1.54, 1.807) is 36.4 Å². The smallest absolute Gasteiger partial charge is 0.338 e. The molecule has 1 N–H and O–H groups in total. The van der Waals surface area contributed by atoms with Gasteiger partial charge in [-0.25, -0.2) is 9.59 Å². The average molecular weight is 617 g/mol. The molecule has 14 nitrogen and oxygen atoms in total. The molecule has 0 amide bonds. The van der Waals surface area contributed by atoms with Crippen LogP contribution in [0.3, 0.4) is 0 Å². The third-order valence-corrected chi connectivity index (χ3v) is 6.54. The molecule has 0 spiro atoms. The van der Waals surface area contributed by atoms with Gasteiger partial charge in [-0.2, -0.15) is 0 Å². The SMILES string of the molecule is CC(=O)OC[C@H]1O[C@H](OC[C@H]2O[C@H](O)[C@@H](OC(=O)c3ccccc3)[C@@H]2OC(=O)c2ccccc2)[C@@H](OC(C)=O)[C@@H]1OC(C)=O. The van der Waals surface area contributed by atoms with Crippen molar-refractivity contribution < 1.29 is 67.0 Å². The molecule has 2 fully saturated rings. The van der Waals surface area contributed by atoms with Gasteiger partial charge in [-0.1, -0.05) is 36.4 Å². The van der Waals surface area contributed by atoms with E-state index >= 15 is 0 Å². The first-order chi connectivity index (χ1) is 21.0. The maximum Gasteiger partial charge on any atom is 0.338 e. The molecule has 0 aromatic heterocycles. The maximum atomic E-state index is 13.0. The van der Waals surface area contributed by atoms with E-state index in [2.05, 4.69) is 0 Å². The van der Waals surface area contributed by atoms with Crippen LogP contribution in [-0.2, 0) is 52.3 Å². The monoisotopic (exact) mass is 616 g/mol. The number of hydrogen-bond acceptors (Lipinski definition) is 14. The predicted molar refractivity (Wildman–Crippen MR) is 145 cm³/mol. The van der Waals surface area contributed by atoms with Gasteiger partial charge in [0.05, 0.1) is 17.7 Å². The van der Waals surface area contributed by atoms with Gasteiger partial charge < -0.3 is 43.0 Å². The molecular weight excluding hydrogens is 584 g/mol. The van der Waals surface area contributed by atoms with E-state index in [0.29, 0.717) is 0 Å². The van der Waals surface area contributed by atoms with Crippen molar-refractivity contribution in [2.45, 2.75) is 70.0 Å². The van der Waals surface area contributed by atoms with Crippen molar-refractivity contribution in [3.8, 4) is 0 Å². The van der Waals surface area contributed by atoms with Gasteiger partial charge >= 0.3 is 29.8 Å². The first-order valence-corrected chi connectivity index (χ1v) is 13.6. The average Bonchev–Trinajstić information content (AvgIpc) is 3.46. The Bertz CT molecular complexity index is 1320. The summed E-state index contributed by atoms with van der Waals surface area (Å²) in [6, 6.07) is 16.0. The maximum absolute atomic E-state index is 13.0. The van der Waals surface area contributed by atoms with E-state index < -0.39 is 85.7 Å². The van der Waals surface area contributed by atoms with Crippen LogP contribution >= 0.6 is 0 Å². The summed E-state index contributed by atoms with van der Waals surface area (Å²) in [7, 11) is 0. The van der Waals surface area contributed by atoms with Gasteiger partial charge in [-0.15, -0.1) is 0 Å². The van der Waals surface area contributed by atoms with Crippen molar-refractivity contribution in [2.24, 2.45) is 0 Å². The van der Waals surface area contributed by atoms with E-state index in [-0.39, 0.29) is 17.7 Å². The van der Waals surface area contributed by atoms with Crippen LogP contribution in [0.4, 0.5) is 0 Å². The third kappa shape index (κ3) is 8.38. The molecule has 8 atom stereocenters. The fourth-order valence-electron chi connectivity index (χ4n) is 4.64. The first-order valence-electron chi connectivity index (χ1n) is 13.6. The fraction of sp³-hybridized carbons (Fsp3) is 0.433. The van der Waals surface area contributed by atoms with Crippen LogP contribution in [0, 0.1) is 0 Å². The van der Waals surface area contributed by atoms with Crippen LogP contribution in [-0.4, -0.2) is 97.4 Å². The molecule has 0 aliphatic carbocycles. The number of benzene rings is 2. The number of aliphatic hydroxyl groups is 1. The highest BCUT2D eigenvalue weighted by Crippen LogP contribution is 2.32. The summed E-state index contributed by atoms with van der Waals surface area (Å²) in [4.78, 5) is 60.9. The highest BCUT2D eigenvalue weighted by atomic mass is 16.8. The van der Waals surface area contributed by atoms with Gasteiger partial charge in [0, 0.05) is 20.8 Å². The Balaban J connectivity index is 1.54. The zero-order valence-corrected chi connectivity index (χ0v) is 24.1. The lowest BCUT2D eigenvalue weighted by Crippen LogP contribution is -2.44. The number of rotatable bonds is 11. The van der Waals surface area contributed by atoms with Gasteiger partial charge in [0.25, 0.3) is 0 Å². The van der Waals surface area contributed by atoms with Crippen LogP contribution in [0.1, 0.15) is 41.5 Å². The molecule has 2 aromatic carbocycles. The molecule has 2 heterocycles. The summed E-state index contributed by atoms with van der Waals surface area (Å²) < 4.78 is 44.1. The Morgan fingerprint density at radius 3 is 1.61 bits per heavy atom. The highest BCUT2D eigenvalue weighted by Gasteiger charge is 2.53. The second-order valence-electron chi connectivity index (χ2n) is 9.86. The normalized spacial score (nSPS) is 27.6. The number of carbonyl (C=O) groups excluding carboxylic acids is 5. The molecule has 14 heteroatoms. The van der Waals surface area contributed by atoms with E-state index in [4.69, 9.17) is 37.9 Å². The Labute approximate surface area is 252 Å². The minimum absolute atomic E-state index is 0.187. The lowest BCUT2D eigenvalue weighted by molar-refractivity contribution is -0.207. The van der Waals surface area contributed by atoms with E-state index in [9.17, 15) is 29.1 Å². The molecular formula is C30H32O14. The molecule has 236 valence electrons. The van der Waals surface area contributed by atoms with E-state index in [1.807, 2.05) is 0 Å². The van der Waals surface area contributed by atoms with Crippen molar-refractivity contribution >= 4 is 29.8 Å². The topological polar surface area (TPSA) is 179 Å². The minimum atomic E-state index is -1.72.